The number of aromatic nitrogens is 2. The molecule has 1 aliphatic heterocycles. The highest BCUT2D eigenvalue weighted by Gasteiger charge is 2.17. The molecule has 21 heavy (non-hydrogen) atoms. The summed E-state index contributed by atoms with van der Waals surface area (Å²) < 4.78 is 5.37. The Morgan fingerprint density at radius 3 is 2.62 bits per heavy atom. The van der Waals surface area contributed by atoms with E-state index >= 15 is 0 Å². The number of aryl methyl sites for hydroxylation is 2. The lowest BCUT2D eigenvalue weighted by atomic mass is 9.95. The number of nitrogens with zero attached hydrogens (tertiary/aromatic N) is 2. The average Bonchev–Trinajstić information content (AvgIpc) is 2.95. The topological polar surface area (TPSA) is 51.0 Å². The molecule has 0 aliphatic carbocycles. The molecule has 1 fully saturated rings. The normalized spacial score (nSPS) is 15.6. The van der Waals surface area contributed by atoms with Crippen LogP contribution in [0.4, 0.5) is 0 Å². The number of nitrogens with one attached hydrogen (secondary N) is 1. The van der Waals surface area contributed by atoms with Crippen molar-refractivity contribution in [3.8, 4) is 0 Å². The number of piperidine rings is 1. The van der Waals surface area contributed by atoms with Crippen LogP contribution in [0.3, 0.4) is 0 Å². The summed E-state index contributed by atoms with van der Waals surface area (Å²) in [7, 11) is 0. The van der Waals surface area contributed by atoms with Gasteiger partial charge in [0, 0.05) is 12.8 Å². The first-order valence-corrected chi connectivity index (χ1v) is 7.46. The summed E-state index contributed by atoms with van der Waals surface area (Å²) in [6, 6.07) is 10.4. The summed E-state index contributed by atoms with van der Waals surface area (Å²) in [6.45, 7) is 2.22. The second-order valence-corrected chi connectivity index (χ2v) is 5.49. The van der Waals surface area contributed by atoms with Gasteiger partial charge in [-0.05, 0) is 43.8 Å². The van der Waals surface area contributed by atoms with Crippen molar-refractivity contribution < 1.29 is 4.52 Å². The standard InChI is InChI=1S/C16H21N3O.ClH/c1-2-4-13(5-3-1)6-7-15-18-16(20-19-15)12-14-8-10-17-11-9-14;/h1-5,14,17H,6-12H2;1H. The molecule has 2 heterocycles. The molecule has 3 rings (SSSR count). The van der Waals surface area contributed by atoms with E-state index in [2.05, 4.69) is 39.7 Å². The molecule has 1 saturated heterocycles. The van der Waals surface area contributed by atoms with Crippen molar-refractivity contribution in [1.82, 2.24) is 15.5 Å². The van der Waals surface area contributed by atoms with Crippen molar-refractivity contribution in [1.29, 1.82) is 0 Å². The Hall–Kier alpha value is -1.39. The van der Waals surface area contributed by atoms with E-state index in [-0.39, 0.29) is 12.4 Å². The van der Waals surface area contributed by atoms with Crippen LogP contribution in [0.5, 0.6) is 0 Å². The van der Waals surface area contributed by atoms with Crippen LogP contribution in [0, 0.1) is 5.92 Å². The largest absolute Gasteiger partial charge is 0.339 e. The molecule has 4 nitrogen and oxygen atoms in total. The van der Waals surface area contributed by atoms with Crippen LogP contribution in [0.15, 0.2) is 34.9 Å². The first-order chi connectivity index (χ1) is 9.90. The fourth-order valence-corrected chi connectivity index (χ4v) is 2.71. The lowest BCUT2D eigenvalue weighted by molar-refractivity contribution is 0.312. The van der Waals surface area contributed by atoms with Crippen LogP contribution < -0.4 is 5.32 Å². The van der Waals surface area contributed by atoms with E-state index in [9.17, 15) is 0 Å². The molecule has 1 aromatic heterocycles. The maximum absolute atomic E-state index is 5.37. The van der Waals surface area contributed by atoms with E-state index in [0.29, 0.717) is 5.92 Å². The van der Waals surface area contributed by atoms with Gasteiger partial charge in [-0.2, -0.15) is 4.98 Å². The minimum absolute atomic E-state index is 0. The zero-order valence-electron chi connectivity index (χ0n) is 12.1. The lowest BCUT2D eigenvalue weighted by Crippen LogP contribution is -2.28. The second-order valence-electron chi connectivity index (χ2n) is 5.49. The van der Waals surface area contributed by atoms with Gasteiger partial charge in [0.25, 0.3) is 0 Å². The Kier molecular flexibility index (Phi) is 6.21. The van der Waals surface area contributed by atoms with Gasteiger partial charge in [-0.25, -0.2) is 0 Å². The Morgan fingerprint density at radius 1 is 1.10 bits per heavy atom. The van der Waals surface area contributed by atoms with Crippen molar-refractivity contribution >= 4 is 12.4 Å². The quantitative estimate of drug-likeness (QED) is 0.923. The number of hydrogen-bond donors (Lipinski definition) is 1. The molecule has 2 aromatic rings. The summed E-state index contributed by atoms with van der Waals surface area (Å²) in [6.07, 6.45) is 5.16. The first-order valence-electron chi connectivity index (χ1n) is 7.46. The second kappa shape index (κ2) is 8.15. The minimum atomic E-state index is 0. The SMILES string of the molecule is Cl.c1ccc(CCc2noc(CC3CCNCC3)n2)cc1. The van der Waals surface area contributed by atoms with E-state index in [4.69, 9.17) is 4.52 Å². The highest BCUT2D eigenvalue weighted by molar-refractivity contribution is 5.85. The Morgan fingerprint density at radius 2 is 1.86 bits per heavy atom. The minimum Gasteiger partial charge on any atom is -0.339 e. The van der Waals surface area contributed by atoms with E-state index < -0.39 is 0 Å². The monoisotopic (exact) mass is 307 g/mol. The fraction of sp³-hybridized carbons (Fsp3) is 0.500. The molecule has 0 spiro atoms. The van der Waals surface area contributed by atoms with Gasteiger partial charge in [-0.3, -0.25) is 0 Å². The molecule has 0 saturated carbocycles. The smallest absolute Gasteiger partial charge is 0.226 e. The van der Waals surface area contributed by atoms with Crippen molar-refractivity contribution in [2.24, 2.45) is 5.92 Å². The maximum Gasteiger partial charge on any atom is 0.226 e. The van der Waals surface area contributed by atoms with Crippen molar-refractivity contribution in [2.45, 2.75) is 32.1 Å². The van der Waals surface area contributed by atoms with Gasteiger partial charge in [0.1, 0.15) is 0 Å². The number of rotatable bonds is 5. The van der Waals surface area contributed by atoms with Crippen LogP contribution >= 0.6 is 12.4 Å². The Labute approximate surface area is 131 Å². The first kappa shape index (κ1) is 16.0. The number of hydrogen-bond acceptors (Lipinski definition) is 4. The fourth-order valence-electron chi connectivity index (χ4n) is 2.71. The highest BCUT2D eigenvalue weighted by Crippen LogP contribution is 2.17. The van der Waals surface area contributed by atoms with Crippen LogP contribution in [0.1, 0.15) is 30.1 Å². The van der Waals surface area contributed by atoms with Crippen LogP contribution in [-0.4, -0.2) is 23.2 Å². The van der Waals surface area contributed by atoms with Crippen molar-refractivity contribution in [3.63, 3.8) is 0 Å². The van der Waals surface area contributed by atoms with E-state index in [1.165, 1.54) is 18.4 Å². The highest BCUT2D eigenvalue weighted by atomic mass is 35.5. The zero-order valence-corrected chi connectivity index (χ0v) is 12.9. The Bertz CT molecular complexity index is 523. The van der Waals surface area contributed by atoms with E-state index in [0.717, 1.165) is 44.1 Å². The van der Waals surface area contributed by atoms with Crippen LogP contribution in [-0.2, 0) is 19.3 Å². The van der Waals surface area contributed by atoms with Gasteiger partial charge in [-0.1, -0.05) is 35.5 Å². The number of benzene rings is 1. The third-order valence-corrected chi connectivity index (χ3v) is 3.91. The number of halogens is 1. The van der Waals surface area contributed by atoms with E-state index in [1.807, 2.05) is 6.07 Å². The molecule has 114 valence electrons. The van der Waals surface area contributed by atoms with Gasteiger partial charge in [0.05, 0.1) is 0 Å². The van der Waals surface area contributed by atoms with Crippen molar-refractivity contribution in [2.75, 3.05) is 13.1 Å². The van der Waals surface area contributed by atoms with Gasteiger partial charge < -0.3 is 9.84 Å². The third-order valence-electron chi connectivity index (χ3n) is 3.91. The zero-order chi connectivity index (χ0) is 13.6. The molecule has 0 bridgehead atoms. The van der Waals surface area contributed by atoms with Gasteiger partial charge in [0.15, 0.2) is 5.82 Å². The van der Waals surface area contributed by atoms with Gasteiger partial charge >= 0.3 is 0 Å². The molecule has 0 unspecified atom stereocenters. The van der Waals surface area contributed by atoms with Crippen LogP contribution in [0.25, 0.3) is 0 Å². The lowest BCUT2D eigenvalue weighted by Gasteiger charge is -2.20. The van der Waals surface area contributed by atoms with Crippen molar-refractivity contribution in [3.05, 3.63) is 47.6 Å². The predicted octanol–water partition coefficient (Wildman–Crippen LogP) is 2.82. The molecule has 1 N–H and O–H groups in total. The van der Waals surface area contributed by atoms with Gasteiger partial charge in [-0.15, -0.1) is 12.4 Å². The summed E-state index contributed by atoms with van der Waals surface area (Å²) in [5, 5.41) is 7.47. The molecular formula is C16H22ClN3O. The van der Waals surface area contributed by atoms with Gasteiger partial charge in [0.2, 0.25) is 5.89 Å². The molecular weight excluding hydrogens is 286 g/mol. The molecule has 1 aromatic carbocycles. The molecule has 5 heteroatoms. The molecule has 1 aliphatic rings. The van der Waals surface area contributed by atoms with Crippen LogP contribution in [0.2, 0.25) is 0 Å². The summed E-state index contributed by atoms with van der Waals surface area (Å²) in [4.78, 5) is 4.52. The summed E-state index contributed by atoms with van der Waals surface area (Å²) in [5.41, 5.74) is 1.32. The summed E-state index contributed by atoms with van der Waals surface area (Å²) >= 11 is 0. The third kappa shape index (κ3) is 4.83. The summed E-state index contributed by atoms with van der Waals surface area (Å²) in [5.74, 6) is 2.33. The molecule has 0 radical (unpaired) electrons. The average molecular weight is 308 g/mol. The maximum atomic E-state index is 5.37. The van der Waals surface area contributed by atoms with E-state index in [1.54, 1.807) is 0 Å². The molecule has 0 amide bonds. The molecule has 0 atom stereocenters. The predicted molar refractivity (Wildman–Crippen MR) is 84.7 cm³/mol. The Balaban J connectivity index is 0.00000161.